The molecule has 0 saturated carbocycles. The summed E-state index contributed by atoms with van der Waals surface area (Å²) in [6.45, 7) is 6.98. The summed E-state index contributed by atoms with van der Waals surface area (Å²) in [6, 6.07) is 8.63. The standard InChI is InChI=1S/C20H22O6S/c1-11(2)25-19(23)13-5-7-15(21)17(9-13)27-18-10-14(6-8-16(18)22)20(24)26-12(3)4/h5-12,21-22H,1-4H3. The summed E-state index contributed by atoms with van der Waals surface area (Å²) in [4.78, 5) is 24.8. The van der Waals surface area contributed by atoms with Crippen molar-refractivity contribution in [1.29, 1.82) is 0 Å². The fraction of sp³-hybridized carbons (Fsp3) is 0.300. The number of hydrogen-bond donors (Lipinski definition) is 2. The maximum absolute atomic E-state index is 12.1. The highest BCUT2D eigenvalue weighted by molar-refractivity contribution is 7.99. The van der Waals surface area contributed by atoms with Gasteiger partial charge in [-0.25, -0.2) is 9.59 Å². The first-order valence-electron chi connectivity index (χ1n) is 8.43. The second kappa shape index (κ2) is 8.81. The van der Waals surface area contributed by atoms with Crippen molar-refractivity contribution in [3.8, 4) is 11.5 Å². The van der Waals surface area contributed by atoms with Crippen LogP contribution in [0.5, 0.6) is 11.5 Å². The van der Waals surface area contributed by atoms with Gasteiger partial charge in [-0.2, -0.15) is 0 Å². The molecule has 144 valence electrons. The average molecular weight is 390 g/mol. The van der Waals surface area contributed by atoms with Crippen LogP contribution in [0.15, 0.2) is 46.2 Å². The van der Waals surface area contributed by atoms with E-state index in [1.165, 1.54) is 36.4 Å². The predicted molar refractivity (Wildman–Crippen MR) is 101 cm³/mol. The molecule has 7 heteroatoms. The Morgan fingerprint density at radius 1 is 0.778 bits per heavy atom. The third-order valence-corrected chi connectivity index (χ3v) is 4.39. The molecule has 0 aromatic heterocycles. The first kappa shape index (κ1) is 20.6. The van der Waals surface area contributed by atoms with Crippen LogP contribution in [0.1, 0.15) is 48.4 Å². The van der Waals surface area contributed by atoms with Crippen molar-refractivity contribution in [1.82, 2.24) is 0 Å². The smallest absolute Gasteiger partial charge is 0.338 e. The fourth-order valence-electron chi connectivity index (χ4n) is 2.13. The van der Waals surface area contributed by atoms with E-state index in [4.69, 9.17) is 9.47 Å². The Hall–Kier alpha value is -2.67. The average Bonchev–Trinajstić information content (AvgIpc) is 2.57. The van der Waals surface area contributed by atoms with E-state index < -0.39 is 11.9 Å². The number of phenolic OH excluding ortho intramolecular Hbond substituents is 2. The van der Waals surface area contributed by atoms with Crippen LogP contribution in [0.3, 0.4) is 0 Å². The van der Waals surface area contributed by atoms with Crippen LogP contribution in [0.4, 0.5) is 0 Å². The minimum atomic E-state index is -0.509. The highest BCUT2D eigenvalue weighted by atomic mass is 32.2. The molecule has 6 nitrogen and oxygen atoms in total. The molecule has 0 aliphatic rings. The number of hydrogen-bond acceptors (Lipinski definition) is 7. The van der Waals surface area contributed by atoms with Gasteiger partial charge in [0.15, 0.2) is 0 Å². The number of ether oxygens (including phenoxy) is 2. The van der Waals surface area contributed by atoms with Gasteiger partial charge in [0.05, 0.1) is 33.1 Å². The van der Waals surface area contributed by atoms with E-state index >= 15 is 0 Å². The molecule has 0 saturated heterocycles. The zero-order chi connectivity index (χ0) is 20.1. The van der Waals surface area contributed by atoms with Gasteiger partial charge in [0.2, 0.25) is 0 Å². The molecule has 0 radical (unpaired) electrons. The van der Waals surface area contributed by atoms with E-state index in [9.17, 15) is 19.8 Å². The van der Waals surface area contributed by atoms with Gasteiger partial charge in [0, 0.05) is 0 Å². The van der Waals surface area contributed by atoms with Gasteiger partial charge in [-0.1, -0.05) is 11.8 Å². The van der Waals surface area contributed by atoms with Crippen LogP contribution in [-0.2, 0) is 9.47 Å². The minimum absolute atomic E-state index is 0.0596. The molecule has 2 aromatic rings. The molecule has 0 aliphatic heterocycles. The summed E-state index contributed by atoms with van der Waals surface area (Å²) in [5, 5.41) is 20.2. The quantitative estimate of drug-likeness (QED) is 0.707. The molecule has 0 fully saturated rings. The van der Waals surface area contributed by atoms with E-state index in [1.54, 1.807) is 27.7 Å². The van der Waals surface area contributed by atoms with Crippen LogP contribution in [0, 0.1) is 0 Å². The molecule has 0 bridgehead atoms. The van der Waals surface area contributed by atoms with Crippen LogP contribution in [0.25, 0.3) is 0 Å². The lowest BCUT2D eigenvalue weighted by Gasteiger charge is -2.12. The Kier molecular flexibility index (Phi) is 6.74. The number of phenols is 2. The molecular weight excluding hydrogens is 368 g/mol. The van der Waals surface area contributed by atoms with Crippen LogP contribution >= 0.6 is 11.8 Å². The second-order valence-corrected chi connectivity index (χ2v) is 7.46. The predicted octanol–water partition coefficient (Wildman–Crippen LogP) is 4.38. The van der Waals surface area contributed by atoms with Crippen LogP contribution in [-0.4, -0.2) is 34.4 Å². The van der Waals surface area contributed by atoms with Crippen molar-refractivity contribution < 1.29 is 29.3 Å². The number of esters is 2. The zero-order valence-corrected chi connectivity index (χ0v) is 16.4. The number of carbonyl (C=O) groups is 2. The third-order valence-electron chi connectivity index (χ3n) is 3.30. The Labute approximate surface area is 162 Å². The second-order valence-electron chi connectivity index (χ2n) is 6.38. The number of aromatic hydroxyl groups is 2. The highest BCUT2D eigenvalue weighted by Crippen LogP contribution is 2.39. The van der Waals surface area contributed by atoms with E-state index in [-0.39, 0.29) is 34.8 Å². The Morgan fingerprint density at radius 2 is 1.15 bits per heavy atom. The zero-order valence-electron chi connectivity index (χ0n) is 15.6. The van der Waals surface area contributed by atoms with E-state index in [2.05, 4.69) is 0 Å². The van der Waals surface area contributed by atoms with Gasteiger partial charge < -0.3 is 19.7 Å². The molecule has 0 spiro atoms. The van der Waals surface area contributed by atoms with Gasteiger partial charge in [0.1, 0.15) is 11.5 Å². The number of rotatable bonds is 6. The van der Waals surface area contributed by atoms with Crippen molar-refractivity contribution in [2.75, 3.05) is 0 Å². The molecule has 0 amide bonds. The van der Waals surface area contributed by atoms with Crippen molar-refractivity contribution in [3.05, 3.63) is 47.5 Å². The number of carbonyl (C=O) groups excluding carboxylic acids is 2. The summed E-state index contributed by atoms with van der Waals surface area (Å²) < 4.78 is 10.3. The van der Waals surface area contributed by atoms with Gasteiger partial charge >= 0.3 is 11.9 Å². The Balaban J connectivity index is 2.30. The number of benzene rings is 2. The largest absolute Gasteiger partial charge is 0.507 e. The van der Waals surface area contributed by atoms with Crippen molar-refractivity contribution in [2.45, 2.75) is 49.7 Å². The van der Waals surface area contributed by atoms with Gasteiger partial charge in [0.25, 0.3) is 0 Å². The maximum atomic E-state index is 12.1. The van der Waals surface area contributed by atoms with Gasteiger partial charge in [-0.05, 0) is 64.1 Å². The lowest BCUT2D eigenvalue weighted by atomic mass is 10.2. The minimum Gasteiger partial charge on any atom is -0.507 e. The molecular formula is C20H22O6S. The molecule has 0 atom stereocenters. The fourth-order valence-corrected chi connectivity index (χ4v) is 3.08. The molecule has 0 aliphatic carbocycles. The van der Waals surface area contributed by atoms with Crippen LogP contribution in [0.2, 0.25) is 0 Å². The summed E-state index contributed by atoms with van der Waals surface area (Å²) >= 11 is 1.03. The van der Waals surface area contributed by atoms with E-state index in [0.29, 0.717) is 9.79 Å². The van der Waals surface area contributed by atoms with Crippen molar-refractivity contribution in [2.24, 2.45) is 0 Å². The summed E-state index contributed by atoms with van der Waals surface area (Å²) in [7, 11) is 0. The van der Waals surface area contributed by atoms with E-state index in [0.717, 1.165) is 11.8 Å². The van der Waals surface area contributed by atoms with Gasteiger partial charge in [-0.3, -0.25) is 0 Å². The molecule has 2 N–H and O–H groups in total. The molecule has 2 rings (SSSR count). The molecule has 2 aromatic carbocycles. The SMILES string of the molecule is CC(C)OC(=O)c1ccc(O)c(Sc2cc(C(=O)OC(C)C)ccc2O)c1. The Bertz CT molecular complexity index is 775. The third kappa shape index (κ3) is 5.65. The summed E-state index contributed by atoms with van der Waals surface area (Å²) in [5.74, 6) is -1.14. The Morgan fingerprint density at radius 3 is 1.48 bits per heavy atom. The summed E-state index contributed by atoms with van der Waals surface area (Å²) in [5.41, 5.74) is 0.553. The van der Waals surface area contributed by atoms with Crippen molar-refractivity contribution >= 4 is 23.7 Å². The molecule has 27 heavy (non-hydrogen) atoms. The molecule has 0 unspecified atom stereocenters. The first-order valence-corrected chi connectivity index (χ1v) is 9.25. The highest BCUT2D eigenvalue weighted by Gasteiger charge is 2.16. The van der Waals surface area contributed by atoms with Crippen LogP contribution < -0.4 is 0 Å². The first-order chi connectivity index (χ1) is 12.7. The van der Waals surface area contributed by atoms with Gasteiger partial charge in [-0.15, -0.1) is 0 Å². The van der Waals surface area contributed by atoms with Crippen molar-refractivity contribution in [3.63, 3.8) is 0 Å². The topological polar surface area (TPSA) is 93.1 Å². The maximum Gasteiger partial charge on any atom is 0.338 e. The lowest BCUT2D eigenvalue weighted by Crippen LogP contribution is -2.11. The lowest BCUT2D eigenvalue weighted by molar-refractivity contribution is 0.0367. The summed E-state index contributed by atoms with van der Waals surface area (Å²) in [6.07, 6.45) is -0.537. The van der Waals surface area contributed by atoms with E-state index in [1.807, 2.05) is 0 Å². The monoisotopic (exact) mass is 390 g/mol. The molecule has 0 heterocycles. The normalized spacial score (nSPS) is 10.9.